The van der Waals surface area contributed by atoms with Gasteiger partial charge in [-0.15, -0.1) is 11.3 Å². The summed E-state index contributed by atoms with van der Waals surface area (Å²) in [6, 6.07) is 10.6. The molecular formula is C18H19N3O3S2. The van der Waals surface area contributed by atoms with E-state index >= 15 is 0 Å². The van der Waals surface area contributed by atoms with Gasteiger partial charge in [0.05, 0.1) is 24.2 Å². The summed E-state index contributed by atoms with van der Waals surface area (Å²) in [5.41, 5.74) is 1.32. The predicted molar refractivity (Wildman–Crippen MR) is 103 cm³/mol. The van der Waals surface area contributed by atoms with Crippen LogP contribution in [0.25, 0.3) is 11.3 Å². The predicted octanol–water partition coefficient (Wildman–Crippen LogP) is 3.62. The van der Waals surface area contributed by atoms with E-state index in [1.807, 2.05) is 24.4 Å². The van der Waals surface area contributed by atoms with Gasteiger partial charge >= 0.3 is 0 Å². The van der Waals surface area contributed by atoms with Gasteiger partial charge in [-0.1, -0.05) is 18.2 Å². The van der Waals surface area contributed by atoms with E-state index in [-0.39, 0.29) is 4.90 Å². The first-order chi connectivity index (χ1) is 12.5. The van der Waals surface area contributed by atoms with E-state index in [0.29, 0.717) is 30.5 Å². The molecule has 0 unspecified atom stereocenters. The van der Waals surface area contributed by atoms with Crippen LogP contribution in [0.1, 0.15) is 11.8 Å². The summed E-state index contributed by atoms with van der Waals surface area (Å²) in [6.07, 6.45) is 2.82. The molecule has 136 valence electrons. The zero-order valence-corrected chi connectivity index (χ0v) is 16.1. The molecule has 8 heteroatoms. The second-order valence-corrected chi connectivity index (χ2v) is 8.62. The number of rotatable bonds is 7. The molecule has 0 amide bonds. The Morgan fingerprint density at radius 1 is 1.19 bits per heavy atom. The third-order valence-electron chi connectivity index (χ3n) is 3.60. The fraction of sp³-hybridized carbons (Fsp3) is 0.222. The Balaban J connectivity index is 1.91. The summed E-state index contributed by atoms with van der Waals surface area (Å²) >= 11 is 1.67. The zero-order valence-electron chi connectivity index (χ0n) is 14.5. The number of anilines is 1. The molecule has 0 aliphatic rings. The number of nitrogens with zero attached hydrogens (tertiary/aromatic N) is 2. The number of ether oxygens (including phenoxy) is 1. The van der Waals surface area contributed by atoms with Crippen molar-refractivity contribution in [2.24, 2.45) is 0 Å². The van der Waals surface area contributed by atoms with Crippen molar-refractivity contribution >= 4 is 27.0 Å². The van der Waals surface area contributed by atoms with Crippen LogP contribution in [0.15, 0.2) is 52.9 Å². The van der Waals surface area contributed by atoms with Crippen LogP contribution in [0, 0.1) is 0 Å². The van der Waals surface area contributed by atoms with E-state index in [4.69, 9.17) is 4.74 Å². The Morgan fingerprint density at radius 3 is 2.58 bits per heavy atom. The lowest BCUT2D eigenvalue weighted by Crippen LogP contribution is -2.05. The maximum atomic E-state index is 11.6. The van der Waals surface area contributed by atoms with Crippen LogP contribution in [0.5, 0.6) is 5.88 Å². The smallest absolute Gasteiger partial charge is 0.240 e. The maximum Gasteiger partial charge on any atom is 0.240 e. The Morgan fingerprint density at radius 2 is 1.96 bits per heavy atom. The third kappa shape index (κ3) is 4.39. The molecule has 1 aromatic carbocycles. The molecule has 0 aliphatic heterocycles. The van der Waals surface area contributed by atoms with Gasteiger partial charge in [-0.3, -0.25) is 0 Å². The molecular weight excluding hydrogens is 370 g/mol. The SMILES string of the molecule is CCOc1ncc(NCc2cccs2)nc1-c1ccc(S(C)(=O)=O)cc1. The van der Waals surface area contributed by atoms with Crippen molar-refractivity contribution < 1.29 is 13.2 Å². The van der Waals surface area contributed by atoms with Gasteiger partial charge in [0.2, 0.25) is 5.88 Å². The van der Waals surface area contributed by atoms with Gasteiger partial charge < -0.3 is 10.1 Å². The van der Waals surface area contributed by atoms with Crippen LogP contribution in [0.4, 0.5) is 5.82 Å². The minimum absolute atomic E-state index is 0.263. The molecule has 0 atom stereocenters. The number of hydrogen-bond donors (Lipinski definition) is 1. The van der Waals surface area contributed by atoms with Crippen LogP contribution >= 0.6 is 11.3 Å². The van der Waals surface area contributed by atoms with Gasteiger partial charge in [0.15, 0.2) is 9.84 Å². The van der Waals surface area contributed by atoms with Crippen LogP contribution in [-0.2, 0) is 16.4 Å². The van der Waals surface area contributed by atoms with Crippen molar-refractivity contribution in [1.82, 2.24) is 9.97 Å². The van der Waals surface area contributed by atoms with Gasteiger partial charge in [-0.2, -0.15) is 0 Å². The molecule has 0 bridgehead atoms. The standard InChI is InChI=1S/C18H19N3O3S2/c1-3-24-18-17(13-6-8-15(9-7-13)26(2,22)23)21-16(12-20-18)19-11-14-5-4-10-25-14/h4-10,12H,3,11H2,1-2H3,(H,19,21). The van der Waals surface area contributed by atoms with Crippen molar-refractivity contribution in [2.45, 2.75) is 18.4 Å². The highest BCUT2D eigenvalue weighted by atomic mass is 32.2. The third-order valence-corrected chi connectivity index (χ3v) is 5.60. The Bertz CT molecular complexity index is 969. The number of nitrogens with one attached hydrogen (secondary N) is 1. The molecule has 2 aromatic heterocycles. The molecule has 2 heterocycles. The fourth-order valence-corrected chi connectivity index (χ4v) is 3.62. The molecule has 0 saturated carbocycles. The average molecular weight is 390 g/mol. The van der Waals surface area contributed by atoms with E-state index < -0.39 is 9.84 Å². The van der Waals surface area contributed by atoms with E-state index in [0.717, 1.165) is 5.56 Å². The minimum Gasteiger partial charge on any atom is -0.476 e. The summed E-state index contributed by atoms with van der Waals surface area (Å²) in [5.74, 6) is 1.05. The number of aromatic nitrogens is 2. The molecule has 0 spiro atoms. The molecule has 0 fully saturated rings. The topological polar surface area (TPSA) is 81.2 Å². The molecule has 0 radical (unpaired) electrons. The first-order valence-electron chi connectivity index (χ1n) is 8.04. The van der Waals surface area contributed by atoms with Gasteiger partial charge in [-0.05, 0) is 30.5 Å². The number of benzene rings is 1. The molecule has 0 saturated heterocycles. The van der Waals surface area contributed by atoms with E-state index in [1.165, 1.54) is 11.1 Å². The average Bonchev–Trinajstić information content (AvgIpc) is 3.14. The zero-order chi connectivity index (χ0) is 18.6. The van der Waals surface area contributed by atoms with E-state index in [9.17, 15) is 8.42 Å². The first kappa shape index (κ1) is 18.3. The number of hydrogen-bond acceptors (Lipinski definition) is 7. The van der Waals surface area contributed by atoms with Gasteiger partial charge in [0, 0.05) is 16.7 Å². The lowest BCUT2D eigenvalue weighted by molar-refractivity contribution is 0.327. The molecule has 3 rings (SSSR count). The fourth-order valence-electron chi connectivity index (χ4n) is 2.34. The molecule has 0 aliphatic carbocycles. The summed E-state index contributed by atoms with van der Waals surface area (Å²) in [7, 11) is -3.24. The normalized spacial score (nSPS) is 11.3. The monoisotopic (exact) mass is 389 g/mol. The second-order valence-electron chi connectivity index (χ2n) is 5.57. The van der Waals surface area contributed by atoms with Crippen molar-refractivity contribution in [2.75, 3.05) is 18.2 Å². The summed E-state index contributed by atoms with van der Waals surface area (Å²) in [5, 5.41) is 5.27. The van der Waals surface area contributed by atoms with Crippen molar-refractivity contribution in [3.8, 4) is 17.1 Å². The highest BCUT2D eigenvalue weighted by Crippen LogP contribution is 2.28. The van der Waals surface area contributed by atoms with Crippen molar-refractivity contribution in [3.63, 3.8) is 0 Å². The summed E-state index contributed by atoms with van der Waals surface area (Å²) < 4.78 is 28.9. The lowest BCUT2D eigenvalue weighted by Gasteiger charge is -2.11. The maximum absolute atomic E-state index is 11.6. The summed E-state index contributed by atoms with van der Waals surface area (Å²) in [4.78, 5) is 10.4. The van der Waals surface area contributed by atoms with Crippen LogP contribution in [0.2, 0.25) is 0 Å². The lowest BCUT2D eigenvalue weighted by atomic mass is 10.1. The van der Waals surface area contributed by atoms with Gasteiger partial charge in [-0.25, -0.2) is 18.4 Å². The Kier molecular flexibility index (Phi) is 5.53. The largest absolute Gasteiger partial charge is 0.476 e. The van der Waals surface area contributed by atoms with Crippen LogP contribution < -0.4 is 10.1 Å². The highest BCUT2D eigenvalue weighted by Gasteiger charge is 2.13. The highest BCUT2D eigenvalue weighted by molar-refractivity contribution is 7.90. The quantitative estimate of drug-likeness (QED) is 0.665. The van der Waals surface area contributed by atoms with Crippen molar-refractivity contribution in [1.29, 1.82) is 0 Å². The second kappa shape index (κ2) is 7.84. The van der Waals surface area contributed by atoms with Crippen LogP contribution in [0.3, 0.4) is 0 Å². The van der Waals surface area contributed by atoms with Gasteiger partial charge in [0.1, 0.15) is 11.5 Å². The van der Waals surface area contributed by atoms with Crippen LogP contribution in [-0.4, -0.2) is 31.2 Å². The summed E-state index contributed by atoms with van der Waals surface area (Å²) in [6.45, 7) is 3.00. The Hall–Kier alpha value is -2.45. The molecule has 26 heavy (non-hydrogen) atoms. The van der Waals surface area contributed by atoms with Gasteiger partial charge in [0.25, 0.3) is 0 Å². The molecule has 1 N–H and O–H groups in total. The van der Waals surface area contributed by atoms with Crippen molar-refractivity contribution in [3.05, 3.63) is 52.9 Å². The minimum atomic E-state index is -3.24. The Labute approximate surface area is 156 Å². The van der Waals surface area contributed by atoms with E-state index in [1.54, 1.807) is 41.8 Å². The van der Waals surface area contributed by atoms with E-state index in [2.05, 4.69) is 15.3 Å². The number of thiophene rings is 1. The number of sulfone groups is 1. The first-order valence-corrected chi connectivity index (χ1v) is 10.8. The molecule has 6 nitrogen and oxygen atoms in total. The molecule has 3 aromatic rings.